The van der Waals surface area contributed by atoms with Gasteiger partial charge >= 0.3 is 0 Å². The Morgan fingerprint density at radius 3 is 2.70 bits per heavy atom. The molecule has 1 unspecified atom stereocenters. The molecule has 0 saturated carbocycles. The van der Waals surface area contributed by atoms with Crippen LogP contribution in [0.3, 0.4) is 0 Å². The zero-order chi connectivity index (χ0) is 16.2. The third-order valence-corrected chi connectivity index (χ3v) is 5.01. The molecule has 3 heterocycles. The Balaban J connectivity index is 1.64. The molecule has 2 aliphatic heterocycles. The first-order valence-electron chi connectivity index (χ1n) is 8.81. The summed E-state index contributed by atoms with van der Waals surface area (Å²) in [5, 5.41) is 11.7. The first kappa shape index (κ1) is 16.2. The van der Waals surface area contributed by atoms with E-state index in [-0.39, 0.29) is 0 Å². The molecule has 3 rings (SSSR count). The molecule has 7 nitrogen and oxygen atoms in total. The summed E-state index contributed by atoms with van der Waals surface area (Å²) in [5.41, 5.74) is 0. The minimum absolute atomic E-state index is 0.574. The van der Waals surface area contributed by atoms with Crippen LogP contribution in [0.15, 0.2) is 4.99 Å². The SMILES string of the molecule is CCNC(=NCc1nnc(C)n1C)N1CCC(N2CCCC2)C1. The zero-order valence-corrected chi connectivity index (χ0v) is 14.6. The molecule has 2 fully saturated rings. The van der Waals surface area contributed by atoms with Gasteiger partial charge in [-0.25, -0.2) is 4.99 Å². The molecule has 23 heavy (non-hydrogen) atoms. The smallest absolute Gasteiger partial charge is 0.194 e. The maximum absolute atomic E-state index is 4.79. The molecule has 1 N–H and O–H groups in total. The van der Waals surface area contributed by atoms with E-state index in [1.54, 1.807) is 0 Å². The third kappa shape index (κ3) is 3.65. The van der Waals surface area contributed by atoms with Gasteiger partial charge in [0.15, 0.2) is 11.8 Å². The van der Waals surface area contributed by atoms with Gasteiger partial charge in [-0.05, 0) is 46.2 Å². The number of nitrogens with zero attached hydrogens (tertiary/aromatic N) is 6. The molecule has 0 amide bonds. The normalized spacial score (nSPS) is 23.0. The van der Waals surface area contributed by atoms with Crippen molar-refractivity contribution in [1.29, 1.82) is 0 Å². The lowest BCUT2D eigenvalue weighted by molar-refractivity contribution is 0.249. The van der Waals surface area contributed by atoms with Crippen LogP contribution in [0, 0.1) is 6.92 Å². The van der Waals surface area contributed by atoms with Crippen molar-refractivity contribution < 1.29 is 0 Å². The Bertz CT molecular complexity index is 545. The van der Waals surface area contributed by atoms with Gasteiger partial charge in [-0.1, -0.05) is 0 Å². The third-order valence-electron chi connectivity index (χ3n) is 5.01. The number of aryl methyl sites for hydroxylation is 1. The first-order chi connectivity index (χ1) is 11.2. The predicted molar refractivity (Wildman–Crippen MR) is 91.3 cm³/mol. The number of rotatable bonds is 4. The summed E-state index contributed by atoms with van der Waals surface area (Å²) < 4.78 is 2.00. The van der Waals surface area contributed by atoms with Crippen LogP contribution in [0.1, 0.15) is 37.8 Å². The molecule has 1 atom stereocenters. The Labute approximate surface area is 138 Å². The zero-order valence-electron chi connectivity index (χ0n) is 14.6. The molecule has 0 aromatic carbocycles. The van der Waals surface area contributed by atoms with E-state index in [9.17, 15) is 0 Å². The van der Waals surface area contributed by atoms with E-state index in [1.807, 2.05) is 18.5 Å². The Morgan fingerprint density at radius 1 is 1.26 bits per heavy atom. The number of aromatic nitrogens is 3. The lowest BCUT2D eigenvalue weighted by atomic mass is 10.2. The number of nitrogens with one attached hydrogen (secondary N) is 1. The first-order valence-corrected chi connectivity index (χ1v) is 8.81. The summed E-state index contributed by atoms with van der Waals surface area (Å²) in [7, 11) is 1.99. The fourth-order valence-electron chi connectivity index (χ4n) is 3.50. The fraction of sp³-hybridized carbons (Fsp3) is 0.812. The molecule has 0 radical (unpaired) electrons. The molecule has 0 bridgehead atoms. The number of hydrogen-bond donors (Lipinski definition) is 1. The van der Waals surface area contributed by atoms with E-state index in [2.05, 4.69) is 32.2 Å². The molecule has 2 aliphatic rings. The number of likely N-dealkylation sites (tertiary alicyclic amines) is 2. The van der Waals surface area contributed by atoms with Crippen molar-refractivity contribution in [1.82, 2.24) is 29.9 Å². The summed E-state index contributed by atoms with van der Waals surface area (Å²) in [5.74, 6) is 2.85. The van der Waals surface area contributed by atoms with Crippen LogP contribution in [0.5, 0.6) is 0 Å². The molecular weight excluding hydrogens is 290 g/mol. The van der Waals surface area contributed by atoms with E-state index in [0.29, 0.717) is 12.6 Å². The van der Waals surface area contributed by atoms with Gasteiger partial charge in [0.05, 0.1) is 0 Å². The van der Waals surface area contributed by atoms with Crippen LogP contribution >= 0.6 is 0 Å². The van der Waals surface area contributed by atoms with Crippen LogP contribution in [-0.4, -0.2) is 69.3 Å². The lowest BCUT2D eigenvalue weighted by Gasteiger charge is -2.25. The van der Waals surface area contributed by atoms with Crippen molar-refractivity contribution in [3.05, 3.63) is 11.6 Å². The quantitative estimate of drug-likeness (QED) is 0.656. The van der Waals surface area contributed by atoms with Gasteiger partial charge in [0.1, 0.15) is 12.4 Å². The van der Waals surface area contributed by atoms with Crippen LogP contribution in [0.4, 0.5) is 0 Å². The van der Waals surface area contributed by atoms with Crippen molar-refractivity contribution >= 4 is 5.96 Å². The van der Waals surface area contributed by atoms with Gasteiger partial charge in [-0.2, -0.15) is 0 Å². The molecule has 7 heteroatoms. The molecule has 0 spiro atoms. The Morgan fingerprint density at radius 2 is 2.04 bits per heavy atom. The minimum atomic E-state index is 0.574. The van der Waals surface area contributed by atoms with Crippen molar-refractivity contribution in [2.75, 3.05) is 32.7 Å². The highest BCUT2D eigenvalue weighted by Gasteiger charge is 2.30. The second-order valence-corrected chi connectivity index (χ2v) is 6.52. The standard InChI is InChI=1S/C16H29N7/c1-4-17-16(18-11-15-20-19-13(2)21(15)3)23-10-7-14(12-23)22-8-5-6-9-22/h14H,4-12H2,1-3H3,(H,17,18). The van der Waals surface area contributed by atoms with E-state index in [1.165, 1.54) is 32.4 Å². The summed E-state index contributed by atoms with van der Waals surface area (Å²) >= 11 is 0. The molecule has 0 aliphatic carbocycles. The van der Waals surface area contributed by atoms with E-state index in [4.69, 9.17) is 4.99 Å². The second-order valence-electron chi connectivity index (χ2n) is 6.52. The predicted octanol–water partition coefficient (Wildman–Crippen LogP) is 0.759. The minimum Gasteiger partial charge on any atom is -0.357 e. The largest absolute Gasteiger partial charge is 0.357 e. The van der Waals surface area contributed by atoms with Crippen LogP contribution in [0.2, 0.25) is 0 Å². The number of guanidine groups is 1. The molecular formula is C16H29N7. The monoisotopic (exact) mass is 319 g/mol. The molecule has 128 valence electrons. The molecule has 1 aromatic heterocycles. The van der Waals surface area contributed by atoms with Crippen molar-refractivity contribution in [2.45, 2.75) is 45.7 Å². The van der Waals surface area contributed by atoms with E-state index < -0.39 is 0 Å². The highest BCUT2D eigenvalue weighted by atomic mass is 15.4. The van der Waals surface area contributed by atoms with Gasteiger partial charge in [-0.3, -0.25) is 4.90 Å². The van der Waals surface area contributed by atoms with Crippen molar-refractivity contribution in [3.63, 3.8) is 0 Å². The van der Waals surface area contributed by atoms with Crippen LogP contribution in [-0.2, 0) is 13.6 Å². The fourth-order valence-corrected chi connectivity index (χ4v) is 3.50. The Kier molecular flexibility index (Phi) is 5.15. The Hall–Kier alpha value is -1.63. The van der Waals surface area contributed by atoms with Crippen LogP contribution < -0.4 is 5.32 Å². The van der Waals surface area contributed by atoms with Crippen molar-refractivity contribution in [2.24, 2.45) is 12.0 Å². The summed E-state index contributed by atoms with van der Waals surface area (Å²) in [4.78, 5) is 9.84. The van der Waals surface area contributed by atoms with Crippen LogP contribution in [0.25, 0.3) is 0 Å². The molecule has 2 saturated heterocycles. The van der Waals surface area contributed by atoms with E-state index >= 15 is 0 Å². The summed E-state index contributed by atoms with van der Waals surface area (Å²) in [6.45, 7) is 10.3. The van der Waals surface area contributed by atoms with Gasteiger partial charge in [0.25, 0.3) is 0 Å². The van der Waals surface area contributed by atoms with Crippen molar-refractivity contribution in [3.8, 4) is 0 Å². The maximum atomic E-state index is 4.79. The van der Waals surface area contributed by atoms with Gasteiger partial charge in [-0.15, -0.1) is 10.2 Å². The summed E-state index contributed by atoms with van der Waals surface area (Å²) in [6, 6.07) is 0.693. The summed E-state index contributed by atoms with van der Waals surface area (Å²) in [6.07, 6.45) is 3.96. The number of aliphatic imine (C=N–C) groups is 1. The highest BCUT2D eigenvalue weighted by Crippen LogP contribution is 2.20. The highest BCUT2D eigenvalue weighted by molar-refractivity contribution is 5.80. The average Bonchev–Trinajstić information content (AvgIpc) is 3.27. The topological polar surface area (TPSA) is 61.6 Å². The van der Waals surface area contributed by atoms with Gasteiger partial charge < -0.3 is 14.8 Å². The molecule has 1 aromatic rings. The lowest BCUT2D eigenvalue weighted by Crippen LogP contribution is -2.42. The average molecular weight is 319 g/mol. The van der Waals surface area contributed by atoms with E-state index in [0.717, 1.165) is 37.2 Å². The second kappa shape index (κ2) is 7.29. The maximum Gasteiger partial charge on any atom is 0.194 e. The number of hydrogen-bond acceptors (Lipinski definition) is 4. The van der Waals surface area contributed by atoms with Gasteiger partial charge in [0, 0.05) is 32.7 Å². The van der Waals surface area contributed by atoms with Gasteiger partial charge in [0.2, 0.25) is 0 Å².